The van der Waals surface area contributed by atoms with E-state index in [2.05, 4.69) is 51.2 Å². The van der Waals surface area contributed by atoms with Gasteiger partial charge in [0.15, 0.2) is 0 Å². The van der Waals surface area contributed by atoms with Gasteiger partial charge in [-0.15, -0.1) is 0 Å². The van der Waals surface area contributed by atoms with E-state index in [-0.39, 0.29) is 5.91 Å². The van der Waals surface area contributed by atoms with Gasteiger partial charge in [-0.1, -0.05) is 75.7 Å². The molecule has 0 saturated carbocycles. The van der Waals surface area contributed by atoms with Crippen molar-refractivity contribution in [3.8, 4) is 0 Å². The normalized spacial score (nSPS) is 11.4. The first-order chi connectivity index (χ1) is 12.3. The molecule has 4 heteroatoms. The number of anilines is 1. The van der Waals surface area contributed by atoms with Crippen molar-refractivity contribution in [3.05, 3.63) is 64.2 Å². The molecule has 2 aromatic carbocycles. The van der Waals surface area contributed by atoms with E-state index in [9.17, 15) is 4.79 Å². The largest absolute Gasteiger partial charge is 0.324 e. The average Bonchev–Trinajstić information content (AvgIpc) is 2.56. The first kappa shape index (κ1) is 20.5. The predicted molar refractivity (Wildman–Crippen MR) is 111 cm³/mol. The second kappa shape index (κ2) is 9.20. The minimum Gasteiger partial charge on any atom is -0.324 e. The third-order valence-electron chi connectivity index (χ3n) is 4.45. The van der Waals surface area contributed by atoms with Crippen molar-refractivity contribution in [1.29, 1.82) is 0 Å². The number of nitrogens with zero attached hydrogens (tertiary/aromatic N) is 1. The summed E-state index contributed by atoms with van der Waals surface area (Å²) in [6, 6.07) is 14.0. The van der Waals surface area contributed by atoms with Gasteiger partial charge in [-0.2, -0.15) is 0 Å². The number of carbonyl (C=O) groups is 1. The molecule has 0 saturated heterocycles. The quantitative estimate of drug-likeness (QED) is 0.680. The van der Waals surface area contributed by atoms with Crippen LogP contribution in [0.2, 0.25) is 5.02 Å². The van der Waals surface area contributed by atoms with Crippen molar-refractivity contribution >= 4 is 23.2 Å². The molecule has 0 radical (unpaired) electrons. The van der Waals surface area contributed by atoms with E-state index in [1.54, 1.807) is 0 Å². The van der Waals surface area contributed by atoms with Gasteiger partial charge in [0.2, 0.25) is 5.91 Å². The van der Waals surface area contributed by atoms with Crippen LogP contribution in [0.15, 0.2) is 42.5 Å². The molecule has 140 valence electrons. The zero-order valence-electron chi connectivity index (χ0n) is 16.3. The van der Waals surface area contributed by atoms with Crippen LogP contribution in [-0.4, -0.2) is 24.4 Å². The molecule has 0 spiro atoms. The van der Waals surface area contributed by atoms with Crippen molar-refractivity contribution in [2.24, 2.45) is 0 Å². The molecule has 1 amide bonds. The van der Waals surface area contributed by atoms with Gasteiger partial charge in [0.05, 0.1) is 6.54 Å². The Morgan fingerprint density at radius 2 is 1.58 bits per heavy atom. The molecule has 0 unspecified atom stereocenters. The zero-order chi connectivity index (χ0) is 19.3. The highest BCUT2D eigenvalue weighted by Crippen LogP contribution is 2.32. The first-order valence-corrected chi connectivity index (χ1v) is 9.52. The summed E-state index contributed by atoms with van der Waals surface area (Å²) >= 11 is 6.22. The van der Waals surface area contributed by atoms with Crippen molar-refractivity contribution in [1.82, 2.24) is 4.90 Å². The van der Waals surface area contributed by atoms with Crippen LogP contribution in [0.3, 0.4) is 0 Å². The van der Waals surface area contributed by atoms with E-state index in [0.717, 1.165) is 16.3 Å². The van der Waals surface area contributed by atoms with Crippen LogP contribution in [-0.2, 0) is 11.3 Å². The van der Waals surface area contributed by atoms with Crippen LogP contribution >= 0.6 is 11.6 Å². The van der Waals surface area contributed by atoms with Crippen LogP contribution in [0.4, 0.5) is 5.69 Å². The van der Waals surface area contributed by atoms with Gasteiger partial charge in [0.25, 0.3) is 0 Å². The Hall–Kier alpha value is -1.84. The van der Waals surface area contributed by atoms with Gasteiger partial charge in [-0.3, -0.25) is 9.69 Å². The maximum atomic E-state index is 12.7. The lowest BCUT2D eigenvalue weighted by atomic mass is 9.92. The van der Waals surface area contributed by atoms with Crippen LogP contribution in [0.1, 0.15) is 56.2 Å². The molecule has 0 heterocycles. The number of amides is 1. The molecule has 0 bridgehead atoms. The number of para-hydroxylation sites is 1. The highest BCUT2D eigenvalue weighted by atomic mass is 35.5. The number of carbonyl (C=O) groups excluding carboxylic acids is 1. The summed E-state index contributed by atoms with van der Waals surface area (Å²) in [6.45, 7) is 9.56. The number of hydrogen-bond donors (Lipinski definition) is 1. The number of halogens is 1. The highest BCUT2D eigenvalue weighted by Gasteiger charge is 2.17. The smallest absolute Gasteiger partial charge is 0.238 e. The van der Waals surface area contributed by atoms with Crippen LogP contribution in [0.5, 0.6) is 0 Å². The highest BCUT2D eigenvalue weighted by molar-refractivity contribution is 6.31. The van der Waals surface area contributed by atoms with E-state index < -0.39 is 0 Å². The molecular formula is C22H29ClN2O. The summed E-state index contributed by atoms with van der Waals surface area (Å²) in [6.07, 6.45) is 0. The standard InChI is InChI=1S/C22H29ClN2O/c1-15(2)18-10-8-11-19(16(3)4)22(18)24-21(26)14-25(5)13-17-9-6-7-12-20(17)23/h6-12,15-16H,13-14H2,1-5H3,(H,24,26). The number of nitrogens with one attached hydrogen (secondary N) is 1. The maximum Gasteiger partial charge on any atom is 0.238 e. The molecular weight excluding hydrogens is 344 g/mol. The Bertz CT molecular complexity index is 729. The third kappa shape index (κ3) is 5.33. The fourth-order valence-corrected chi connectivity index (χ4v) is 3.29. The summed E-state index contributed by atoms with van der Waals surface area (Å²) in [5.41, 5.74) is 4.35. The third-order valence-corrected chi connectivity index (χ3v) is 4.82. The van der Waals surface area contributed by atoms with Gasteiger partial charge < -0.3 is 5.32 Å². The lowest BCUT2D eigenvalue weighted by molar-refractivity contribution is -0.117. The molecule has 0 aliphatic carbocycles. The molecule has 2 aromatic rings. The number of benzene rings is 2. The van der Waals surface area contributed by atoms with Crippen LogP contribution < -0.4 is 5.32 Å². The molecule has 0 aromatic heterocycles. The zero-order valence-corrected chi connectivity index (χ0v) is 17.1. The number of hydrogen-bond acceptors (Lipinski definition) is 2. The molecule has 0 fully saturated rings. The molecule has 1 N–H and O–H groups in total. The van der Waals surface area contributed by atoms with Gasteiger partial charge in [0, 0.05) is 17.3 Å². The predicted octanol–water partition coefficient (Wildman–Crippen LogP) is 5.66. The molecule has 0 aliphatic heterocycles. The maximum absolute atomic E-state index is 12.7. The summed E-state index contributed by atoms with van der Waals surface area (Å²) in [5, 5.41) is 3.89. The minimum atomic E-state index is -0.00504. The van der Waals surface area contributed by atoms with Crippen molar-refractivity contribution < 1.29 is 4.79 Å². The van der Waals surface area contributed by atoms with Gasteiger partial charge in [-0.05, 0) is 41.6 Å². The van der Waals surface area contributed by atoms with E-state index in [0.29, 0.717) is 24.9 Å². The molecule has 3 nitrogen and oxygen atoms in total. The van der Waals surface area contributed by atoms with Crippen molar-refractivity contribution in [3.63, 3.8) is 0 Å². The summed E-state index contributed by atoms with van der Waals surface area (Å²) in [4.78, 5) is 14.6. The Balaban J connectivity index is 2.11. The fraction of sp³-hybridized carbons (Fsp3) is 0.409. The Kier molecular flexibility index (Phi) is 7.24. The summed E-state index contributed by atoms with van der Waals surface area (Å²) in [7, 11) is 1.93. The van der Waals surface area contributed by atoms with Crippen LogP contribution in [0, 0.1) is 0 Å². The first-order valence-electron chi connectivity index (χ1n) is 9.14. The summed E-state index contributed by atoms with van der Waals surface area (Å²) in [5.74, 6) is 0.698. The average molecular weight is 373 g/mol. The Labute approximate surface area is 162 Å². The molecule has 2 rings (SSSR count). The van der Waals surface area contributed by atoms with E-state index in [4.69, 9.17) is 11.6 Å². The summed E-state index contributed by atoms with van der Waals surface area (Å²) < 4.78 is 0. The molecule has 0 atom stereocenters. The lowest BCUT2D eigenvalue weighted by Gasteiger charge is -2.22. The SMILES string of the molecule is CC(C)c1cccc(C(C)C)c1NC(=O)CN(C)Cc1ccccc1Cl. The molecule has 0 aliphatic rings. The fourth-order valence-electron chi connectivity index (χ4n) is 3.09. The van der Waals surface area contributed by atoms with Gasteiger partial charge in [-0.25, -0.2) is 0 Å². The Morgan fingerprint density at radius 1 is 1.00 bits per heavy atom. The van der Waals surface area contributed by atoms with E-state index >= 15 is 0 Å². The minimum absolute atomic E-state index is 0.00504. The van der Waals surface area contributed by atoms with E-state index in [1.165, 1.54) is 11.1 Å². The Morgan fingerprint density at radius 3 is 2.12 bits per heavy atom. The number of likely N-dealkylation sites (N-methyl/N-ethyl adjacent to an activating group) is 1. The second-order valence-corrected chi connectivity index (χ2v) is 7.84. The van der Waals surface area contributed by atoms with E-state index in [1.807, 2.05) is 36.2 Å². The lowest BCUT2D eigenvalue weighted by Crippen LogP contribution is -2.30. The number of rotatable bonds is 7. The second-order valence-electron chi connectivity index (χ2n) is 7.43. The van der Waals surface area contributed by atoms with Crippen LogP contribution in [0.25, 0.3) is 0 Å². The van der Waals surface area contributed by atoms with Crippen molar-refractivity contribution in [2.75, 3.05) is 18.9 Å². The monoisotopic (exact) mass is 372 g/mol. The topological polar surface area (TPSA) is 32.3 Å². The van der Waals surface area contributed by atoms with Gasteiger partial charge in [0.1, 0.15) is 0 Å². The molecule has 26 heavy (non-hydrogen) atoms. The van der Waals surface area contributed by atoms with Gasteiger partial charge >= 0.3 is 0 Å². The van der Waals surface area contributed by atoms with Crippen molar-refractivity contribution in [2.45, 2.75) is 46.1 Å².